The summed E-state index contributed by atoms with van der Waals surface area (Å²) in [6.07, 6.45) is 13.6. The van der Waals surface area contributed by atoms with Gasteiger partial charge in [-0.2, -0.15) is 0 Å². The molecule has 0 aromatic heterocycles. The highest BCUT2D eigenvalue weighted by atomic mass is 16.5. The van der Waals surface area contributed by atoms with Gasteiger partial charge in [-0.15, -0.1) is 0 Å². The zero-order valence-corrected chi connectivity index (χ0v) is 13.7. The molecule has 0 spiro atoms. The van der Waals surface area contributed by atoms with Crippen molar-refractivity contribution in [1.82, 2.24) is 5.32 Å². The first-order valence-electron chi connectivity index (χ1n) is 8.92. The van der Waals surface area contributed by atoms with Gasteiger partial charge in [-0.05, 0) is 70.3 Å². The van der Waals surface area contributed by atoms with E-state index in [0.29, 0.717) is 19.3 Å². The maximum absolute atomic E-state index is 9.97. The molecule has 0 bridgehead atoms. The maximum atomic E-state index is 9.97. The third kappa shape index (κ3) is 6.94. The van der Waals surface area contributed by atoms with Gasteiger partial charge >= 0.3 is 0 Å². The Hall–Kier alpha value is -0.380. The van der Waals surface area contributed by atoms with E-state index in [1.807, 2.05) is 0 Å². The van der Waals surface area contributed by atoms with E-state index in [-0.39, 0.29) is 6.10 Å². The van der Waals surface area contributed by atoms with Crippen LogP contribution in [0.1, 0.15) is 64.7 Å². The van der Waals surface area contributed by atoms with Crippen molar-refractivity contribution in [2.24, 2.45) is 5.92 Å². The summed E-state index contributed by atoms with van der Waals surface area (Å²) < 4.78 is 5.84. The minimum atomic E-state index is -0.371. The lowest BCUT2D eigenvalue weighted by molar-refractivity contribution is -0.0277. The van der Waals surface area contributed by atoms with Crippen molar-refractivity contribution in [3.05, 3.63) is 11.6 Å². The average molecular weight is 295 g/mol. The molecule has 2 rings (SSSR count). The summed E-state index contributed by atoms with van der Waals surface area (Å²) in [5.74, 6) is 0.852. The minimum Gasteiger partial charge on any atom is -0.389 e. The van der Waals surface area contributed by atoms with Crippen LogP contribution in [0.4, 0.5) is 0 Å². The van der Waals surface area contributed by atoms with Gasteiger partial charge in [-0.1, -0.05) is 18.6 Å². The Morgan fingerprint density at radius 3 is 2.81 bits per heavy atom. The molecule has 2 aliphatic carbocycles. The highest BCUT2D eigenvalue weighted by Crippen LogP contribution is 2.25. The molecule has 122 valence electrons. The summed E-state index contributed by atoms with van der Waals surface area (Å²) in [4.78, 5) is 0. The molecule has 1 saturated carbocycles. The second-order valence-electron chi connectivity index (χ2n) is 6.93. The second-order valence-corrected chi connectivity index (χ2v) is 6.93. The Kier molecular flexibility index (Phi) is 7.76. The van der Waals surface area contributed by atoms with Crippen LogP contribution >= 0.6 is 0 Å². The molecule has 0 radical (unpaired) electrons. The Morgan fingerprint density at radius 2 is 2.10 bits per heavy atom. The Labute approximate surface area is 130 Å². The predicted molar refractivity (Wildman–Crippen MR) is 87.4 cm³/mol. The van der Waals surface area contributed by atoms with Crippen LogP contribution in [0, 0.1) is 5.92 Å². The molecule has 3 heteroatoms. The fourth-order valence-corrected chi connectivity index (χ4v) is 3.35. The van der Waals surface area contributed by atoms with E-state index in [4.69, 9.17) is 4.74 Å². The van der Waals surface area contributed by atoms with Crippen LogP contribution in [0.15, 0.2) is 11.6 Å². The molecule has 0 aliphatic heterocycles. The number of ether oxygens (including phenoxy) is 1. The topological polar surface area (TPSA) is 41.5 Å². The maximum Gasteiger partial charge on any atom is 0.0897 e. The van der Waals surface area contributed by atoms with Crippen molar-refractivity contribution in [1.29, 1.82) is 0 Å². The first-order valence-corrected chi connectivity index (χ1v) is 8.92. The molecule has 1 fully saturated rings. The van der Waals surface area contributed by atoms with Gasteiger partial charge in [-0.3, -0.25) is 0 Å². The highest BCUT2D eigenvalue weighted by molar-refractivity contribution is 5.05. The molecule has 21 heavy (non-hydrogen) atoms. The van der Waals surface area contributed by atoms with Gasteiger partial charge < -0.3 is 15.2 Å². The molecule has 1 unspecified atom stereocenters. The number of nitrogens with one attached hydrogen (secondary N) is 1. The smallest absolute Gasteiger partial charge is 0.0897 e. The van der Waals surface area contributed by atoms with Crippen LogP contribution < -0.4 is 5.32 Å². The number of hydrogen-bond acceptors (Lipinski definition) is 3. The van der Waals surface area contributed by atoms with Crippen LogP contribution in [0.3, 0.4) is 0 Å². The lowest BCUT2D eigenvalue weighted by Gasteiger charge is -2.27. The van der Waals surface area contributed by atoms with Gasteiger partial charge in [0.25, 0.3) is 0 Å². The number of rotatable bonds is 8. The molecule has 0 saturated heterocycles. The van der Waals surface area contributed by atoms with Crippen LogP contribution in [0.2, 0.25) is 0 Å². The number of hydrogen-bond donors (Lipinski definition) is 2. The highest BCUT2D eigenvalue weighted by Gasteiger charge is 2.19. The van der Waals surface area contributed by atoms with E-state index in [2.05, 4.69) is 18.3 Å². The molecule has 1 atom stereocenters. The summed E-state index contributed by atoms with van der Waals surface area (Å²) >= 11 is 0. The van der Waals surface area contributed by atoms with Crippen LogP contribution in [-0.4, -0.2) is 37.0 Å². The Balaban J connectivity index is 1.47. The van der Waals surface area contributed by atoms with E-state index in [0.717, 1.165) is 31.7 Å². The van der Waals surface area contributed by atoms with Crippen molar-refractivity contribution in [3.8, 4) is 0 Å². The number of aliphatic hydroxyl groups excluding tert-OH is 1. The monoisotopic (exact) mass is 295 g/mol. The second kappa shape index (κ2) is 9.60. The molecule has 0 aromatic carbocycles. The lowest BCUT2D eigenvalue weighted by atomic mass is 9.89. The predicted octanol–water partition coefficient (Wildman–Crippen LogP) is 3.42. The van der Waals surface area contributed by atoms with Gasteiger partial charge in [0.05, 0.1) is 18.8 Å². The third-order valence-electron chi connectivity index (χ3n) is 4.88. The zero-order chi connectivity index (χ0) is 14.9. The van der Waals surface area contributed by atoms with Crippen molar-refractivity contribution >= 4 is 0 Å². The fraction of sp³-hybridized carbons (Fsp3) is 0.889. The van der Waals surface area contributed by atoms with Gasteiger partial charge in [0, 0.05) is 6.54 Å². The Morgan fingerprint density at radius 1 is 1.29 bits per heavy atom. The van der Waals surface area contributed by atoms with Gasteiger partial charge in [0.2, 0.25) is 0 Å². The standard InChI is InChI=1S/C18H33NO2/c1-15-7-9-18(10-8-15)21-14-17(20)13-19-12-11-16-5-3-2-4-6-16/h5,15,17-20H,2-4,6-14H2,1H3. The van der Waals surface area contributed by atoms with Crippen molar-refractivity contribution in [3.63, 3.8) is 0 Å². The van der Waals surface area contributed by atoms with Gasteiger partial charge in [-0.25, -0.2) is 0 Å². The summed E-state index contributed by atoms with van der Waals surface area (Å²) in [7, 11) is 0. The Bertz CT molecular complexity index is 308. The van der Waals surface area contributed by atoms with E-state index in [1.165, 1.54) is 38.5 Å². The van der Waals surface area contributed by atoms with Crippen LogP contribution in [0.25, 0.3) is 0 Å². The molecular weight excluding hydrogens is 262 g/mol. The molecule has 0 heterocycles. The number of aliphatic hydroxyl groups is 1. The first-order chi connectivity index (χ1) is 10.2. The van der Waals surface area contributed by atoms with Crippen LogP contribution in [-0.2, 0) is 4.74 Å². The molecule has 2 aliphatic rings. The average Bonchev–Trinajstić information content (AvgIpc) is 2.52. The molecule has 2 N–H and O–H groups in total. The number of allylic oxidation sites excluding steroid dienone is 1. The summed E-state index contributed by atoms with van der Waals surface area (Å²) in [5, 5.41) is 13.3. The van der Waals surface area contributed by atoms with Crippen molar-refractivity contribution in [2.75, 3.05) is 19.7 Å². The van der Waals surface area contributed by atoms with Crippen LogP contribution in [0.5, 0.6) is 0 Å². The first kappa shape index (κ1) is 17.0. The zero-order valence-electron chi connectivity index (χ0n) is 13.7. The SMILES string of the molecule is CC1CCC(OCC(O)CNCCC2=CCCCC2)CC1. The largest absolute Gasteiger partial charge is 0.389 e. The molecule has 3 nitrogen and oxygen atoms in total. The normalized spacial score (nSPS) is 28.2. The molecular formula is C18H33NO2. The third-order valence-corrected chi connectivity index (χ3v) is 4.88. The summed E-state index contributed by atoms with van der Waals surface area (Å²) in [5.41, 5.74) is 1.59. The fourth-order valence-electron chi connectivity index (χ4n) is 3.35. The lowest BCUT2D eigenvalue weighted by Crippen LogP contribution is -2.33. The van der Waals surface area contributed by atoms with Gasteiger partial charge in [0.1, 0.15) is 0 Å². The van der Waals surface area contributed by atoms with E-state index < -0.39 is 0 Å². The summed E-state index contributed by atoms with van der Waals surface area (Å²) in [6, 6.07) is 0. The van der Waals surface area contributed by atoms with E-state index >= 15 is 0 Å². The summed E-state index contributed by atoms with van der Waals surface area (Å²) in [6.45, 7) is 4.42. The quantitative estimate of drug-likeness (QED) is 0.532. The van der Waals surface area contributed by atoms with Gasteiger partial charge in [0.15, 0.2) is 0 Å². The van der Waals surface area contributed by atoms with Crippen molar-refractivity contribution < 1.29 is 9.84 Å². The van der Waals surface area contributed by atoms with E-state index in [1.54, 1.807) is 5.57 Å². The minimum absolute atomic E-state index is 0.371. The van der Waals surface area contributed by atoms with Crippen molar-refractivity contribution in [2.45, 2.75) is 76.9 Å². The molecule has 0 aromatic rings. The van der Waals surface area contributed by atoms with E-state index in [9.17, 15) is 5.11 Å². The molecule has 0 amide bonds.